The Bertz CT molecular complexity index is 321. The minimum atomic E-state index is 0.459. The molecule has 1 aliphatic carbocycles. The monoisotopic (exact) mass is 210 g/mol. The van der Waals surface area contributed by atoms with Gasteiger partial charge in [0.25, 0.3) is 0 Å². The molecule has 78 valence electrons. The molecular formula is C11H18N2S. The Morgan fingerprint density at radius 1 is 1.50 bits per heavy atom. The van der Waals surface area contributed by atoms with Gasteiger partial charge in [-0.05, 0) is 37.9 Å². The van der Waals surface area contributed by atoms with Gasteiger partial charge in [0.15, 0.2) is 0 Å². The Labute approximate surface area is 91.1 Å². The van der Waals surface area contributed by atoms with E-state index in [1.165, 1.54) is 25.0 Å². The van der Waals surface area contributed by atoms with Crippen molar-refractivity contribution < 1.29 is 0 Å². The van der Waals surface area contributed by atoms with E-state index in [9.17, 15) is 0 Å². The molecule has 1 aromatic heterocycles. The van der Waals surface area contributed by atoms with Crippen LogP contribution in [0.25, 0.3) is 0 Å². The Hall–Kier alpha value is -0.440. The number of aromatic nitrogens is 2. The Morgan fingerprint density at radius 2 is 2.21 bits per heavy atom. The molecule has 1 saturated carbocycles. The summed E-state index contributed by atoms with van der Waals surface area (Å²) in [5, 5.41) is 0. The first-order valence-corrected chi connectivity index (χ1v) is 5.89. The van der Waals surface area contributed by atoms with Crippen LogP contribution in [0.3, 0.4) is 0 Å². The average molecular weight is 210 g/mol. The van der Waals surface area contributed by atoms with E-state index >= 15 is 0 Å². The van der Waals surface area contributed by atoms with Crippen molar-refractivity contribution in [1.82, 2.24) is 9.55 Å². The third-order valence-corrected chi connectivity index (χ3v) is 4.27. The molecule has 0 atom stereocenters. The molecule has 1 aliphatic rings. The smallest absolute Gasteiger partial charge is 0.0951 e. The van der Waals surface area contributed by atoms with E-state index < -0.39 is 0 Å². The predicted molar refractivity (Wildman–Crippen MR) is 61.8 cm³/mol. The second-order valence-corrected chi connectivity index (χ2v) is 4.87. The first-order chi connectivity index (χ1) is 6.67. The van der Waals surface area contributed by atoms with Crippen LogP contribution < -0.4 is 0 Å². The molecule has 0 radical (unpaired) electrons. The number of hydrogen-bond acceptors (Lipinski definition) is 2. The maximum atomic E-state index is 4.47. The minimum Gasteiger partial charge on any atom is -0.334 e. The summed E-state index contributed by atoms with van der Waals surface area (Å²) >= 11 is 4.47. The molecule has 0 N–H and O–H groups in total. The van der Waals surface area contributed by atoms with E-state index in [-0.39, 0.29) is 0 Å². The van der Waals surface area contributed by atoms with Gasteiger partial charge in [-0.25, -0.2) is 4.98 Å². The number of hydrogen-bond donors (Lipinski definition) is 1. The highest BCUT2D eigenvalue weighted by Crippen LogP contribution is 2.43. The molecule has 1 fully saturated rings. The van der Waals surface area contributed by atoms with Gasteiger partial charge in [0.05, 0.1) is 12.0 Å². The molecule has 0 amide bonds. The molecular weight excluding hydrogens is 192 g/mol. The number of imidazole rings is 1. The van der Waals surface area contributed by atoms with Crippen LogP contribution in [-0.2, 0) is 6.54 Å². The third-order valence-electron chi connectivity index (χ3n) is 3.60. The lowest BCUT2D eigenvalue weighted by Gasteiger charge is -2.41. The standard InChI is InChI=1S/C11H18N2S/c1-9-10(2)13(8-12-9)6-11(7-14)4-3-5-11/h8,14H,3-7H2,1-2H3. The second-order valence-electron chi connectivity index (χ2n) is 4.55. The van der Waals surface area contributed by atoms with Crippen LogP contribution in [0.5, 0.6) is 0 Å². The summed E-state index contributed by atoms with van der Waals surface area (Å²) in [6.45, 7) is 5.32. The Balaban J connectivity index is 2.13. The first-order valence-electron chi connectivity index (χ1n) is 5.26. The third kappa shape index (κ3) is 1.58. The summed E-state index contributed by atoms with van der Waals surface area (Å²) in [5.74, 6) is 1.00. The van der Waals surface area contributed by atoms with Gasteiger partial charge in [0.1, 0.15) is 0 Å². The van der Waals surface area contributed by atoms with Crippen LogP contribution in [0.1, 0.15) is 30.7 Å². The summed E-state index contributed by atoms with van der Waals surface area (Å²) < 4.78 is 2.28. The summed E-state index contributed by atoms with van der Waals surface area (Å²) in [4.78, 5) is 4.33. The Morgan fingerprint density at radius 3 is 2.57 bits per heavy atom. The van der Waals surface area contributed by atoms with Crippen LogP contribution in [0.2, 0.25) is 0 Å². The van der Waals surface area contributed by atoms with E-state index in [0.29, 0.717) is 5.41 Å². The zero-order chi connectivity index (χ0) is 10.2. The molecule has 0 aromatic carbocycles. The van der Waals surface area contributed by atoms with Crippen molar-refractivity contribution in [2.75, 3.05) is 5.75 Å². The van der Waals surface area contributed by atoms with E-state index in [0.717, 1.165) is 18.0 Å². The lowest BCUT2D eigenvalue weighted by atomic mass is 9.70. The van der Waals surface area contributed by atoms with Gasteiger partial charge in [0.2, 0.25) is 0 Å². The molecule has 14 heavy (non-hydrogen) atoms. The van der Waals surface area contributed by atoms with Crippen molar-refractivity contribution in [3.63, 3.8) is 0 Å². The lowest BCUT2D eigenvalue weighted by Crippen LogP contribution is -2.36. The number of nitrogens with zero attached hydrogens (tertiary/aromatic N) is 2. The Kier molecular flexibility index (Phi) is 2.60. The fourth-order valence-corrected chi connectivity index (χ4v) is 2.52. The maximum absolute atomic E-state index is 4.47. The average Bonchev–Trinajstić information content (AvgIpc) is 2.42. The van der Waals surface area contributed by atoms with Gasteiger partial charge < -0.3 is 4.57 Å². The highest BCUT2D eigenvalue weighted by molar-refractivity contribution is 7.80. The van der Waals surface area contributed by atoms with Crippen molar-refractivity contribution in [3.05, 3.63) is 17.7 Å². The van der Waals surface area contributed by atoms with Crippen LogP contribution in [0.4, 0.5) is 0 Å². The normalized spacial score (nSPS) is 19.4. The molecule has 0 bridgehead atoms. The van der Waals surface area contributed by atoms with Crippen molar-refractivity contribution in [1.29, 1.82) is 0 Å². The van der Waals surface area contributed by atoms with Gasteiger partial charge >= 0.3 is 0 Å². The van der Waals surface area contributed by atoms with Gasteiger partial charge in [-0.3, -0.25) is 0 Å². The molecule has 0 aliphatic heterocycles. The van der Waals surface area contributed by atoms with Gasteiger partial charge in [-0.1, -0.05) is 6.42 Å². The molecule has 3 heteroatoms. The van der Waals surface area contributed by atoms with Crippen LogP contribution in [0.15, 0.2) is 6.33 Å². The number of rotatable bonds is 3. The molecule has 0 unspecified atom stereocenters. The zero-order valence-electron chi connectivity index (χ0n) is 8.95. The largest absolute Gasteiger partial charge is 0.334 e. The van der Waals surface area contributed by atoms with Crippen LogP contribution in [0, 0.1) is 19.3 Å². The predicted octanol–water partition coefficient (Wildman–Crippen LogP) is 2.60. The first kappa shape index (κ1) is 10.1. The van der Waals surface area contributed by atoms with E-state index in [1.54, 1.807) is 0 Å². The number of thiol groups is 1. The van der Waals surface area contributed by atoms with Crippen molar-refractivity contribution >= 4 is 12.6 Å². The van der Waals surface area contributed by atoms with Crippen LogP contribution in [-0.4, -0.2) is 15.3 Å². The fraction of sp³-hybridized carbons (Fsp3) is 0.727. The quantitative estimate of drug-likeness (QED) is 0.759. The van der Waals surface area contributed by atoms with Crippen molar-refractivity contribution in [2.24, 2.45) is 5.41 Å². The highest BCUT2D eigenvalue weighted by Gasteiger charge is 2.36. The summed E-state index contributed by atoms with van der Waals surface area (Å²) in [7, 11) is 0. The fourth-order valence-electron chi connectivity index (χ4n) is 2.11. The van der Waals surface area contributed by atoms with Crippen molar-refractivity contribution in [3.8, 4) is 0 Å². The lowest BCUT2D eigenvalue weighted by molar-refractivity contribution is 0.138. The molecule has 0 saturated heterocycles. The maximum Gasteiger partial charge on any atom is 0.0951 e. The minimum absolute atomic E-state index is 0.459. The summed E-state index contributed by atoms with van der Waals surface area (Å²) in [6.07, 6.45) is 5.99. The van der Waals surface area contributed by atoms with Gasteiger partial charge in [-0.2, -0.15) is 12.6 Å². The van der Waals surface area contributed by atoms with E-state index in [2.05, 4.69) is 36.0 Å². The van der Waals surface area contributed by atoms with Gasteiger partial charge in [0, 0.05) is 12.2 Å². The SMILES string of the molecule is Cc1ncn(CC2(CS)CCC2)c1C. The number of aryl methyl sites for hydroxylation is 1. The summed E-state index contributed by atoms with van der Waals surface area (Å²) in [5.41, 5.74) is 2.91. The molecule has 1 aromatic rings. The topological polar surface area (TPSA) is 17.8 Å². The highest BCUT2D eigenvalue weighted by atomic mass is 32.1. The van der Waals surface area contributed by atoms with Gasteiger partial charge in [-0.15, -0.1) is 0 Å². The second kappa shape index (κ2) is 3.61. The molecule has 1 heterocycles. The van der Waals surface area contributed by atoms with Crippen LogP contribution >= 0.6 is 12.6 Å². The summed E-state index contributed by atoms with van der Waals surface area (Å²) in [6, 6.07) is 0. The zero-order valence-corrected chi connectivity index (χ0v) is 9.85. The van der Waals surface area contributed by atoms with Crippen molar-refractivity contribution in [2.45, 2.75) is 39.7 Å². The van der Waals surface area contributed by atoms with E-state index in [1.807, 2.05) is 6.33 Å². The van der Waals surface area contributed by atoms with E-state index in [4.69, 9.17) is 0 Å². The molecule has 2 rings (SSSR count). The molecule has 0 spiro atoms. The molecule has 2 nitrogen and oxygen atoms in total.